The van der Waals surface area contributed by atoms with Crippen molar-refractivity contribution in [2.45, 2.75) is 12.5 Å². The first-order chi connectivity index (χ1) is 14.0. The van der Waals surface area contributed by atoms with Gasteiger partial charge in [-0.3, -0.25) is 4.79 Å². The number of aromatic nitrogens is 3. The highest BCUT2D eigenvalue weighted by Gasteiger charge is 2.18. The molecule has 0 aliphatic rings. The van der Waals surface area contributed by atoms with E-state index < -0.39 is 0 Å². The van der Waals surface area contributed by atoms with Crippen LogP contribution in [0.15, 0.2) is 48.9 Å². The maximum Gasteiger partial charge on any atom is 0.263 e. The summed E-state index contributed by atoms with van der Waals surface area (Å²) in [5.74, 6) is -0.214. The molecule has 1 amide bonds. The summed E-state index contributed by atoms with van der Waals surface area (Å²) >= 11 is 13.5. The maximum absolute atomic E-state index is 12.7. The summed E-state index contributed by atoms with van der Waals surface area (Å²) in [7, 11) is 0. The van der Waals surface area contributed by atoms with E-state index in [0.717, 1.165) is 27.2 Å². The standard InChI is InChI=1S/C20H17Cl2N5OS/c21-12-2-1-11(16(22)8-12)7-13(9-23)27-19(28)17-10-26-20(29-17)15-4-6-25-18-14(15)3-5-24-18/h1-6,8,10,13H,7,9,23H2,(H,24,25)(H,27,28)/t13-/m0/s1. The second-order valence-electron chi connectivity index (χ2n) is 6.47. The fourth-order valence-electron chi connectivity index (χ4n) is 3.05. The van der Waals surface area contributed by atoms with Crippen LogP contribution in [0, 0.1) is 0 Å². The van der Waals surface area contributed by atoms with Gasteiger partial charge in [-0.1, -0.05) is 29.3 Å². The molecular weight excluding hydrogens is 429 g/mol. The van der Waals surface area contributed by atoms with Crippen molar-refractivity contribution < 1.29 is 4.79 Å². The first kappa shape index (κ1) is 19.8. The van der Waals surface area contributed by atoms with Crippen LogP contribution in [0.5, 0.6) is 0 Å². The van der Waals surface area contributed by atoms with Gasteiger partial charge in [0.2, 0.25) is 0 Å². The monoisotopic (exact) mass is 445 g/mol. The van der Waals surface area contributed by atoms with E-state index in [1.165, 1.54) is 11.3 Å². The summed E-state index contributed by atoms with van der Waals surface area (Å²) < 4.78 is 0. The molecule has 3 heterocycles. The highest BCUT2D eigenvalue weighted by atomic mass is 35.5. The Labute approximate surface area is 181 Å². The largest absolute Gasteiger partial charge is 0.347 e. The normalized spacial score (nSPS) is 12.2. The number of thiazole rings is 1. The Hall–Kier alpha value is -2.45. The number of carbonyl (C=O) groups is 1. The average molecular weight is 446 g/mol. The molecule has 0 saturated carbocycles. The SMILES string of the molecule is NC[C@H](Cc1ccc(Cl)cc1Cl)NC(=O)c1cnc(-c2ccnc3[nH]ccc23)s1. The molecule has 3 aromatic heterocycles. The molecule has 148 valence electrons. The molecule has 29 heavy (non-hydrogen) atoms. The molecule has 4 N–H and O–H groups in total. The van der Waals surface area contributed by atoms with Gasteiger partial charge in [0.1, 0.15) is 15.5 Å². The topological polar surface area (TPSA) is 96.7 Å². The Morgan fingerprint density at radius 3 is 2.90 bits per heavy atom. The molecule has 0 bridgehead atoms. The van der Waals surface area contributed by atoms with Crippen LogP contribution < -0.4 is 11.1 Å². The molecule has 0 unspecified atom stereocenters. The summed E-state index contributed by atoms with van der Waals surface area (Å²) in [6.45, 7) is 0.282. The van der Waals surface area contributed by atoms with E-state index in [0.29, 0.717) is 21.3 Å². The fraction of sp³-hybridized carbons (Fsp3) is 0.150. The molecule has 4 rings (SSSR count). The van der Waals surface area contributed by atoms with Crippen LogP contribution in [0.1, 0.15) is 15.2 Å². The minimum Gasteiger partial charge on any atom is -0.347 e. The molecular formula is C20H17Cl2N5OS. The van der Waals surface area contributed by atoms with Crippen molar-refractivity contribution in [2.24, 2.45) is 5.73 Å². The minimum atomic E-state index is -0.260. The van der Waals surface area contributed by atoms with Gasteiger partial charge in [0, 0.05) is 46.0 Å². The molecule has 0 saturated heterocycles. The number of pyridine rings is 1. The van der Waals surface area contributed by atoms with E-state index in [9.17, 15) is 4.79 Å². The van der Waals surface area contributed by atoms with Crippen molar-refractivity contribution in [1.82, 2.24) is 20.3 Å². The van der Waals surface area contributed by atoms with Gasteiger partial charge in [-0.05, 0) is 36.2 Å². The van der Waals surface area contributed by atoms with Crippen LogP contribution in [0.4, 0.5) is 0 Å². The van der Waals surface area contributed by atoms with Gasteiger partial charge in [-0.25, -0.2) is 9.97 Å². The molecule has 0 spiro atoms. The number of H-pyrrole nitrogens is 1. The summed E-state index contributed by atoms with van der Waals surface area (Å²) in [5, 5.41) is 5.81. The Balaban J connectivity index is 1.50. The number of aromatic amines is 1. The maximum atomic E-state index is 12.7. The van der Waals surface area contributed by atoms with E-state index in [4.69, 9.17) is 28.9 Å². The minimum absolute atomic E-state index is 0.214. The highest BCUT2D eigenvalue weighted by Crippen LogP contribution is 2.30. The number of nitrogens with one attached hydrogen (secondary N) is 2. The highest BCUT2D eigenvalue weighted by molar-refractivity contribution is 7.17. The lowest BCUT2D eigenvalue weighted by atomic mass is 10.1. The number of nitrogens with zero attached hydrogens (tertiary/aromatic N) is 2. The summed E-state index contributed by atoms with van der Waals surface area (Å²) in [6.07, 6.45) is 5.64. The van der Waals surface area contributed by atoms with Gasteiger partial charge in [-0.15, -0.1) is 11.3 Å². The third-order valence-corrected chi connectivity index (χ3v) is 6.14. The predicted molar refractivity (Wildman–Crippen MR) is 118 cm³/mol. The molecule has 0 radical (unpaired) electrons. The van der Waals surface area contributed by atoms with Crippen molar-refractivity contribution in [3.05, 3.63) is 69.4 Å². The predicted octanol–water partition coefficient (Wildman–Crippen LogP) is 4.29. The lowest BCUT2D eigenvalue weighted by molar-refractivity contribution is 0.0942. The number of amides is 1. The lowest BCUT2D eigenvalue weighted by Crippen LogP contribution is -2.41. The van der Waals surface area contributed by atoms with Gasteiger partial charge < -0.3 is 16.0 Å². The van der Waals surface area contributed by atoms with Crippen LogP contribution in [0.2, 0.25) is 10.0 Å². The quantitative estimate of drug-likeness (QED) is 0.412. The smallest absolute Gasteiger partial charge is 0.263 e. The zero-order valence-corrected chi connectivity index (χ0v) is 17.5. The van der Waals surface area contributed by atoms with Crippen molar-refractivity contribution in [2.75, 3.05) is 6.54 Å². The Morgan fingerprint density at radius 1 is 1.24 bits per heavy atom. The van der Waals surface area contributed by atoms with Crippen LogP contribution in [-0.2, 0) is 6.42 Å². The number of carbonyl (C=O) groups excluding carboxylic acids is 1. The molecule has 1 aromatic carbocycles. The van der Waals surface area contributed by atoms with Crippen molar-refractivity contribution in [1.29, 1.82) is 0 Å². The van der Waals surface area contributed by atoms with E-state index in [2.05, 4.69) is 20.3 Å². The zero-order chi connectivity index (χ0) is 20.4. The van der Waals surface area contributed by atoms with Gasteiger partial charge in [0.05, 0.1) is 6.20 Å². The number of hydrogen-bond donors (Lipinski definition) is 3. The van der Waals surface area contributed by atoms with Crippen LogP contribution in [-0.4, -0.2) is 33.4 Å². The number of benzene rings is 1. The summed E-state index contributed by atoms with van der Waals surface area (Å²) in [6, 6.07) is 8.87. The average Bonchev–Trinajstić information content (AvgIpc) is 3.38. The van der Waals surface area contributed by atoms with Gasteiger partial charge in [0.15, 0.2) is 0 Å². The summed E-state index contributed by atoms with van der Waals surface area (Å²) in [5.41, 5.74) is 8.46. The van der Waals surface area contributed by atoms with Crippen LogP contribution in [0.25, 0.3) is 21.6 Å². The first-order valence-electron chi connectivity index (χ1n) is 8.88. The van der Waals surface area contributed by atoms with Crippen LogP contribution >= 0.6 is 34.5 Å². The third-order valence-electron chi connectivity index (χ3n) is 4.52. The molecule has 0 aliphatic carbocycles. The number of fused-ring (bicyclic) bond motifs is 1. The summed E-state index contributed by atoms with van der Waals surface area (Å²) in [4.78, 5) is 25.0. The van der Waals surface area contributed by atoms with E-state index in [-0.39, 0.29) is 18.5 Å². The molecule has 6 nitrogen and oxygen atoms in total. The van der Waals surface area contributed by atoms with Crippen molar-refractivity contribution >= 4 is 51.5 Å². The molecule has 9 heteroatoms. The van der Waals surface area contributed by atoms with E-state index in [1.54, 1.807) is 24.5 Å². The number of nitrogens with two attached hydrogens (primary N) is 1. The van der Waals surface area contributed by atoms with Crippen molar-refractivity contribution in [3.63, 3.8) is 0 Å². The van der Waals surface area contributed by atoms with E-state index in [1.807, 2.05) is 24.4 Å². The van der Waals surface area contributed by atoms with E-state index >= 15 is 0 Å². The molecule has 0 aliphatic heterocycles. The molecule has 0 fully saturated rings. The molecule has 4 aromatic rings. The second-order valence-corrected chi connectivity index (χ2v) is 8.35. The van der Waals surface area contributed by atoms with Gasteiger partial charge >= 0.3 is 0 Å². The molecule has 1 atom stereocenters. The zero-order valence-electron chi connectivity index (χ0n) is 15.2. The Kier molecular flexibility index (Phi) is 5.82. The number of rotatable bonds is 6. The Morgan fingerprint density at radius 2 is 2.10 bits per heavy atom. The number of halogens is 2. The first-order valence-corrected chi connectivity index (χ1v) is 10.5. The Bertz CT molecular complexity index is 1170. The van der Waals surface area contributed by atoms with Gasteiger partial charge in [0.25, 0.3) is 5.91 Å². The second kappa shape index (κ2) is 8.51. The number of hydrogen-bond acceptors (Lipinski definition) is 5. The lowest BCUT2D eigenvalue weighted by Gasteiger charge is -2.17. The third kappa shape index (κ3) is 4.28. The van der Waals surface area contributed by atoms with Crippen LogP contribution in [0.3, 0.4) is 0 Å². The fourth-order valence-corrected chi connectivity index (χ4v) is 4.40. The van der Waals surface area contributed by atoms with Crippen molar-refractivity contribution in [3.8, 4) is 10.6 Å². The van der Waals surface area contributed by atoms with Gasteiger partial charge in [-0.2, -0.15) is 0 Å².